The second kappa shape index (κ2) is 4.93. The van der Waals surface area contributed by atoms with Crippen molar-refractivity contribution < 1.29 is 4.73 Å². The maximum Gasteiger partial charge on any atom is 0.329 e. The lowest BCUT2D eigenvalue weighted by Crippen LogP contribution is -2.38. The van der Waals surface area contributed by atoms with E-state index in [0.717, 1.165) is 12.8 Å². The minimum absolute atomic E-state index is 0.0523. The van der Waals surface area contributed by atoms with E-state index in [0.29, 0.717) is 27.5 Å². The molecule has 0 amide bonds. The van der Waals surface area contributed by atoms with Crippen LogP contribution in [-0.2, 0) is 13.0 Å². The highest BCUT2D eigenvalue weighted by atomic mass is 32.1. The van der Waals surface area contributed by atoms with Gasteiger partial charge in [0, 0.05) is 13.0 Å². The number of aryl methyl sites for hydroxylation is 2. The maximum atomic E-state index is 12.0. The quantitative estimate of drug-likeness (QED) is 0.656. The summed E-state index contributed by atoms with van der Waals surface area (Å²) in [5.41, 5.74) is -0.994. The third-order valence-electron chi connectivity index (χ3n) is 2.68. The molecule has 2 heterocycles. The first-order chi connectivity index (χ1) is 8.60. The van der Waals surface area contributed by atoms with Crippen LogP contribution in [0.5, 0.6) is 0 Å². The highest BCUT2D eigenvalue weighted by Crippen LogP contribution is 2.17. The Balaban J connectivity index is 2.82. The van der Waals surface area contributed by atoms with Crippen molar-refractivity contribution in [2.24, 2.45) is 0 Å². The van der Waals surface area contributed by atoms with Crippen molar-refractivity contribution >= 4 is 21.7 Å². The number of thiazole rings is 1. The lowest BCUT2D eigenvalue weighted by atomic mass is 10.3. The SMILES string of the molecule is CCCc1sc2c(c(=O)[nH]c(=O)n2CCC)[n+]1[O-]. The van der Waals surface area contributed by atoms with Crippen LogP contribution in [0.15, 0.2) is 9.59 Å². The van der Waals surface area contributed by atoms with Gasteiger partial charge in [0.15, 0.2) is 4.83 Å². The van der Waals surface area contributed by atoms with Gasteiger partial charge in [0.05, 0.1) is 0 Å². The summed E-state index contributed by atoms with van der Waals surface area (Å²) in [5.74, 6) is 0. The Bertz CT molecular complexity index is 683. The van der Waals surface area contributed by atoms with Crippen LogP contribution in [0.1, 0.15) is 31.7 Å². The van der Waals surface area contributed by atoms with E-state index in [9.17, 15) is 14.8 Å². The standard InChI is InChI=1S/C11H15N3O3S/c1-3-5-7-14(17)8-9(15)12-11(16)13(6-4-2)10(8)18-7/h3-6H2,1-2H3,(H,12,15,16). The molecule has 0 aliphatic rings. The van der Waals surface area contributed by atoms with Crippen molar-refractivity contribution in [3.05, 3.63) is 31.1 Å². The zero-order valence-corrected chi connectivity index (χ0v) is 11.2. The molecule has 18 heavy (non-hydrogen) atoms. The molecule has 0 aromatic carbocycles. The highest BCUT2D eigenvalue weighted by molar-refractivity contribution is 7.17. The third kappa shape index (κ3) is 1.94. The van der Waals surface area contributed by atoms with Crippen LogP contribution >= 0.6 is 11.3 Å². The van der Waals surface area contributed by atoms with Gasteiger partial charge in [-0.3, -0.25) is 14.3 Å². The molecule has 0 radical (unpaired) electrons. The monoisotopic (exact) mass is 269 g/mol. The van der Waals surface area contributed by atoms with Crippen LogP contribution in [0.3, 0.4) is 0 Å². The van der Waals surface area contributed by atoms with Crippen molar-refractivity contribution in [3.8, 4) is 0 Å². The first kappa shape index (κ1) is 12.8. The average molecular weight is 269 g/mol. The smallest absolute Gasteiger partial charge is 0.329 e. The van der Waals surface area contributed by atoms with Gasteiger partial charge in [0.2, 0.25) is 0 Å². The topological polar surface area (TPSA) is 81.8 Å². The lowest BCUT2D eigenvalue weighted by Gasteiger charge is -2.01. The largest absolute Gasteiger partial charge is 0.617 e. The molecule has 0 fully saturated rings. The summed E-state index contributed by atoms with van der Waals surface area (Å²) in [4.78, 5) is 26.1. The van der Waals surface area contributed by atoms with Gasteiger partial charge in [-0.25, -0.2) is 4.79 Å². The Morgan fingerprint density at radius 1 is 1.33 bits per heavy atom. The molecule has 0 saturated carbocycles. The Kier molecular flexibility index (Phi) is 3.51. The molecule has 98 valence electrons. The van der Waals surface area contributed by atoms with Crippen molar-refractivity contribution in [2.75, 3.05) is 0 Å². The minimum atomic E-state index is -0.601. The predicted molar refractivity (Wildman–Crippen MR) is 70.0 cm³/mol. The first-order valence-corrected chi connectivity index (χ1v) is 6.79. The number of fused-ring (bicyclic) bond motifs is 1. The third-order valence-corrected chi connectivity index (χ3v) is 3.90. The normalized spacial score (nSPS) is 11.2. The fourth-order valence-electron chi connectivity index (χ4n) is 1.89. The maximum absolute atomic E-state index is 12.0. The molecular weight excluding hydrogens is 254 g/mol. The van der Waals surface area contributed by atoms with E-state index in [1.165, 1.54) is 15.9 Å². The Morgan fingerprint density at radius 3 is 2.67 bits per heavy atom. The van der Waals surface area contributed by atoms with Gasteiger partial charge >= 0.3 is 16.8 Å². The number of nitrogens with one attached hydrogen (secondary N) is 1. The lowest BCUT2D eigenvalue weighted by molar-refractivity contribution is -0.581. The summed E-state index contributed by atoms with van der Waals surface area (Å²) < 4.78 is 2.13. The van der Waals surface area contributed by atoms with Crippen molar-refractivity contribution in [3.63, 3.8) is 0 Å². The number of H-pyrrole nitrogens is 1. The fraction of sp³-hybridized carbons (Fsp3) is 0.545. The number of aromatic nitrogens is 3. The van der Waals surface area contributed by atoms with Crippen LogP contribution in [0, 0.1) is 5.21 Å². The molecular formula is C11H15N3O3S. The summed E-state index contributed by atoms with van der Waals surface area (Å²) in [6, 6.07) is 0. The van der Waals surface area contributed by atoms with Crippen LogP contribution < -0.4 is 16.0 Å². The molecule has 2 aromatic heterocycles. The van der Waals surface area contributed by atoms with E-state index in [1.54, 1.807) is 0 Å². The Morgan fingerprint density at radius 2 is 2.06 bits per heavy atom. The van der Waals surface area contributed by atoms with E-state index < -0.39 is 11.2 Å². The van der Waals surface area contributed by atoms with E-state index >= 15 is 0 Å². The molecule has 2 rings (SSSR count). The van der Waals surface area contributed by atoms with Crippen LogP contribution in [0.4, 0.5) is 0 Å². The summed E-state index contributed by atoms with van der Waals surface area (Å²) >= 11 is 1.24. The van der Waals surface area contributed by atoms with Gasteiger partial charge < -0.3 is 5.21 Å². The van der Waals surface area contributed by atoms with Crippen molar-refractivity contribution in [2.45, 2.75) is 39.7 Å². The van der Waals surface area contributed by atoms with Gasteiger partial charge in [-0.15, -0.1) is 0 Å². The Hall–Kier alpha value is -1.63. The molecule has 6 nitrogen and oxygen atoms in total. The van der Waals surface area contributed by atoms with Crippen LogP contribution in [0.25, 0.3) is 10.3 Å². The van der Waals surface area contributed by atoms with E-state index in [2.05, 4.69) is 4.98 Å². The summed E-state index contributed by atoms with van der Waals surface area (Å²) in [7, 11) is 0. The van der Waals surface area contributed by atoms with Gasteiger partial charge in [0.25, 0.3) is 5.01 Å². The molecule has 0 atom stereocenters. The molecule has 7 heteroatoms. The molecule has 0 spiro atoms. The molecule has 0 bridgehead atoms. The van der Waals surface area contributed by atoms with E-state index in [-0.39, 0.29) is 5.52 Å². The number of hydrogen-bond acceptors (Lipinski definition) is 4. The Labute approximate surface area is 107 Å². The average Bonchev–Trinajstić information content (AvgIpc) is 2.63. The minimum Gasteiger partial charge on any atom is -0.617 e. The molecule has 1 N–H and O–H groups in total. The second-order valence-electron chi connectivity index (χ2n) is 4.10. The molecule has 2 aromatic rings. The fourth-order valence-corrected chi connectivity index (χ4v) is 3.15. The van der Waals surface area contributed by atoms with Crippen LogP contribution in [0.2, 0.25) is 0 Å². The summed E-state index contributed by atoms with van der Waals surface area (Å²) in [6.07, 6.45) is 2.20. The van der Waals surface area contributed by atoms with Gasteiger partial charge in [-0.1, -0.05) is 13.8 Å². The molecule has 0 aliphatic heterocycles. The van der Waals surface area contributed by atoms with Crippen molar-refractivity contribution in [1.82, 2.24) is 9.55 Å². The number of aromatic amines is 1. The zero-order valence-electron chi connectivity index (χ0n) is 10.4. The predicted octanol–water partition coefficient (Wildman–Crippen LogP) is 0.747. The number of rotatable bonds is 4. The number of nitrogens with zero attached hydrogens (tertiary/aromatic N) is 2. The van der Waals surface area contributed by atoms with Crippen molar-refractivity contribution in [1.29, 1.82) is 0 Å². The van der Waals surface area contributed by atoms with Gasteiger partial charge in [-0.05, 0) is 24.2 Å². The van der Waals surface area contributed by atoms with E-state index in [4.69, 9.17) is 0 Å². The van der Waals surface area contributed by atoms with Crippen LogP contribution in [-0.4, -0.2) is 9.55 Å². The summed E-state index contributed by atoms with van der Waals surface area (Å²) in [6.45, 7) is 4.40. The zero-order chi connectivity index (χ0) is 13.3. The van der Waals surface area contributed by atoms with Gasteiger partial charge in [0.1, 0.15) is 0 Å². The van der Waals surface area contributed by atoms with Gasteiger partial charge in [-0.2, -0.15) is 4.73 Å². The summed E-state index contributed by atoms with van der Waals surface area (Å²) in [5, 5.41) is 12.6. The second-order valence-corrected chi connectivity index (χ2v) is 5.17. The molecule has 0 unspecified atom stereocenters. The highest BCUT2D eigenvalue weighted by Gasteiger charge is 2.22. The first-order valence-electron chi connectivity index (χ1n) is 5.98. The van der Waals surface area contributed by atoms with E-state index in [1.807, 2.05) is 13.8 Å². The number of hydrogen-bond donors (Lipinski definition) is 1. The molecule has 0 saturated heterocycles. The molecule has 0 aliphatic carbocycles.